The smallest absolute Gasteiger partial charge is 0.320 e. The molecular weight excluding hydrogens is 302 g/mol. The van der Waals surface area contributed by atoms with E-state index >= 15 is 0 Å². The largest absolute Gasteiger partial charge is 0.459 e. The van der Waals surface area contributed by atoms with Crippen LogP contribution in [0.25, 0.3) is 0 Å². The predicted molar refractivity (Wildman–Crippen MR) is 74.3 cm³/mol. The van der Waals surface area contributed by atoms with Crippen LogP contribution in [-0.4, -0.2) is 18.1 Å². The summed E-state index contributed by atoms with van der Waals surface area (Å²) in [4.78, 5) is 12.7. The Kier molecular flexibility index (Phi) is 5.16. The highest BCUT2D eigenvalue weighted by molar-refractivity contribution is 9.10. The van der Waals surface area contributed by atoms with Crippen LogP contribution >= 0.6 is 27.3 Å². The Bertz CT molecular complexity index is 384. The average Bonchev–Trinajstić information content (AvgIpc) is 2.58. The van der Waals surface area contributed by atoms with Crippen molar-refractivity contribution < 1.29 is 9.53 Å². The summed E-state index contributed by atoms with van der Waals surface area (Å²) in [6.45, 7) is 7.85. The van der Waals surface area contributed by atoms with Crippen molar-refractivity contribution in [3.8, 4) is 0 Å². The third-order valence-corrected chi connectivity index (χ3v) is 4.06. The van der Waals surface area contributed by atoms with Gasteiger partial charge in [-0.3, -0.25) is 10.1 Å². The number of hydrogen-bond donors (Lipinski definition) is 1. The van der Waals surface area contributed by atoms with E-state index in [2.05, 4.69) is 21.2 Å². The molecule has 1 atom stereocenters. The maximum Gasteiger partial charge on any atom is 0.320 e. The van der Waals surface area contributed by atoms with Crippen molar-refractivity contribution in [2.45, 2.75) is 39.3 Å². The Morgan fingerprint density at radius 1 is 1.59 bits per heavy atom. The van der Waals surface area contributed by atoms with E-state index in [1.165, 1.54) is 4.88 Å². The summed E-state index contributed by atoms with van der Waals surface area (Å²) in [5.74, 6) is -0.225. The molecule has 5 heteroatoms. The molecule has 0 bridgehead atoms. The predicted octanol–water partition coefficient (Wildman–Crippen LogP) is 3.50. The maximum atomic E-state index is 11.5. The number of esters is 1. The molecule has 0 saturated heterocycles. The van der Waals surface area contributed by atoms with E-state index in [4.69, 9.17) is 4.74 Å². The first-order valence-electron chi connectivity index (χ1n) is 5.47. The number of carbonyl (C=O) groups excluding carboxylic acids is 1. The van der Waals surface area contributed by atoms with E-state index in [-0.39, 0.29) is 18.6 Å². The first-order valence-corrected chi connectivity index (χ1v) is 7.15. The van der Waals surface area contributed by atoms with Gasteiger partial charge in [-0.05, 0) is 55.1 Å². The normalized spacial score (nSPS) is 13.5. The lowest BCUT2D eigenvalue weighted by atomic mass is 10.2. The molecule has 1 aromatic heterocycles. The number of ether oxygens (including phenoxy) is 1. The summed E-state index contributed by atoms with van der Waals surface area (Å²) in [6, 6.07) is 2.14. The van der Waals surface area contributed by atoms with Gasteiger partial charge in [0.25, 0.3) is 0 Å². The van der Waals surface area contributed by atoms with Gasteiger partial charge in [0.1, 0.15) is 5.60 Å². The molecule has 0 aliphatic rings. The van der Waals surface area contributed by atoms with Crippen LogP contribution in [0, 0.1) is 0 Å². The molecule has 0 aliphatic heterocycles. The summed E-state index contributed by atoms with van der Waals surface area (Å²) in [5, 5.41) is 5.17. The third kappa shape index (κ3) is 5.19. The van der Waals surface area contributed by atoms with Gasteiger partial charge < -0.3 is 4.74 Å². The SMILES string of the molecule is CC(NCC(=O)OC(C)(C)C)c1sccc1Br. The van der Waals surface area contributed by atoms with Crippen LogP contribution in [0.15, 0.2) is 15.9 Å². The van der Waals surface area contributed by atoms with Crippen LogP contribution in [0.5, 0.6) is 0 Å². The molecule has 1 N–H and O–H groups in total. The van der Waals surface area contributed by atoms with Gasteiger partial charge in [-0.1, -0.05) is 0 Å². The minimum atomic E-state index is -0.425. The topological polar surface area (TPSA) is 38.3 Å². The van der Waals surface area contributed by atoms with Gasteiger partial charge in [-0.2, -0.15) is 0 Å². The molecule has 1 unspecified atom stereocenters. The lowest BCUT2D eigenvalue weighted by Gasteiger charge is -2.20. The second-order valence-corrected chi connectivity index (χ2v) is 6.62. The van der Waals surface area contributed by atoms with Gasteiger partial charge in [0.15, 0.2) is 0 Å². The monoisotopic (exact) mass is 319 g/mol. The van der Waals surface area contributed by atoms with Gasteiger partial charge in [0, 0.05) is 15.4 Å². The molecule has 0 spiro atoms. The molecule has 1 aromatic rings. The quantitative estimate of drug-likeness (QED) is 0.863. The first kappa shape index (κ1) is 14.7. The molecule has 1 heterocycles. The van der Waals surface area contributed by atoms with Crippen molar-refractivity contribution in [3.63, 3.8) is 0 Å². The summed E-state index contributed by atoms with van der Waals surface area (Å²) >= 11 is 5.14. The van der Waals surface area contributed by atoms with Crippen molar-refractivity contribution >= 4 is 33.2 Å². The van der Waals surface area contributed by atoms with Crippen LogP contribution in [0.3, 0.4) is 0 Å². The van der Waals surface area contributed by atoms with E-state index in [9.17, 15) is 4.79 Å². The van der Waals surface area contributed by atoms with Crippen molar-refractivity contribution in [3.05, 3.63) is 20.8 Å². The molecule has 0 amide bonds. The highest BCUT2D eigenvalue weighted by Crippen LogP contribution is 2.28. The number of nitrogens with one attached hydrogen (secondary N) is 1. The molecule has 0 aliphatic carbocycles. The number of carbonyl (C=O) groups is 1. The van der Waals surface area contributed by atoms with Crippen LogP contribution in [-0.2, 0) is 9.53 Å². The van der Waals surface area contributed by atoms with Crippen LogP contribution < -0.4 is 5.32 Å². The first-order chi connectivity index (χ1) is 7.79. The van der Waals surface area contributed by atoms with E-state index in [0.29, 0.717) is 0 Å². The summed E-state index contributed by atoms with van der Waals surface area (Å²) in [7, 11) is 0. The van der Waals surface area contributed by atoms with Gasteiger partial charge in [0.05, 0.1) is 6.54 Å². The number of hydrogen-bond acceptors (Lipinski definition) is 4. The minimum absolute atomic E-state index is 0.136. The molecule has 0 fully saturated rings. The molecule has 0 aromatic carbocycles. The Hall–Kier alpha value is -0.390. The maximum absolute atomic E-state index is 11.5. The molecule has 0 saturated carbocycles. The Labute approximate surface area is 115 Å². The van der Waals surface area contributed by atoms with Crippen LogP contribution in [0.1, 0.15) is 38.6 Å². The van der Waals surface area contributed by atoms with Gasteiger partial charge in [-0.25, -0.2) is 0 Å². The molecule has 0 radical (unpaired) electrons. The fourth-order valence-electron chi connectivity index (χ4n) is 1.32. The van der Waals surface area contributed by atoms with E-state index in [0.717, 1.165) is 4.47 Å². The highest BCUT2D eigenvalue weighted by atomic mass is 79.9. The van der Waals surface area contributed by atoms with Gasteiger partial charge in [0.2, 0.25) is 0 Å². The summed E-state index contributed by atoms with van der Waals surface area (Å²) in [6.07, 6.45) is 0. The summed E-state index contributed by atoms with van der Waals surface area (Å²) < 4.78 is 6.30. The Balaban J connectivity index is 2.41. The second-order valence-electron chi connectivity index (χ2n) is 4.82. The van der Waals surface area contributed by atoms with Gasteiger partial charge in [-0.15, -0.1) is 11.3 Å². The molecule has 1 rings (SSSR count). The highest BCUT2D eigenvalue weighted by Gasteiger charge is 2.17. The number of rotatable bonds is 4. The molecule has 96 valence electrons. The third-order valence-electron chi connectivity index (χ3n) is 2.01. The molecule has 3 nitrogen and oxygen atoms in total. The second kappa shape index (κ2) is 5.98. The Morgan fingerprint density at radius 2 is 2.24 bits per heavy atom. The zero-order valence-electron chi connectivity index (χ0n) is 10.5. The summed E-state index contributed by atoms with van der Waals surface area (Å²) in [5.41, 5.74) is -0.425. The van der Waals surface area contributed by atoms with Crippen molar-refractivity contribution in [1.29, 1.82) is 0 Å². The van der Waals surface area contributed by atoms with E-state index in [1.54, 1.807) is 11.3 Å². The lowest BCUT2D eigenvalue weighted by molar-refractivity contribution is -0.153. The lowest BCUT2D eigenvalue weighted by Crippen LogP contribution is -2.32. The molecule has 17 heavy (non-hydrogen) atoms. The van der Waals surface area contributed by atoms with E-state index < -0.39 is 5.60 Å². The van der Waals surface area contributed by atoms with Crippen molar-refractivity contribution in [2.75, 3.05) is 6.54 Å². The van der Waals surface area contributed by atoms with Crippen LogP contribution in [0.4, 0.5) is 0 Å². The van der Waals surface area contributed by atoms with Crippen molar-refractivity contribution in [2.24, 2.45) is 0 Å². The Morgan fingerprint density at radius 3 is 2.71 bits per heavy atom. The zero-order chi connectivity index (χ0) is 13.1. The minimum Gasteiger partial charge on any atom is -0.459 e. The molecular formula is C12H18BrNO2S. The van der Waals surface area contributed by atoms with Crippen molar-refractivity contribution in [1.82, 2.24) is 5.32 Å². The fraction of sp³-hybridized carbons (Fsp3) is 0.583. The van der Waals surface area contributed by atoms with Gasteiger partial charge >= 0.3 is 5.97 Å². The number of thiophene rings is 1. The van der Waals surface area contributed by atoms with Crippen LogP contribution in [0.2, 0.25) is 0 Å². The zero-order valence-corrected chi connectivity index (χ0v) is 12.9. The standard InChI is InChI=1S/C12H18BrNO2S/c1-8(11-9(13)5-6-17-11)14-7-10(15)16-12(2,3)4/h5-6,8,14H,7H2,1-4H3. The fourth-order valence-corrected chi connectivity index (χ4v) is 3.07. The van der Waals surface area contributed by atoms with E-state index in [1.807, 2.05) is 39.1 Å². The number of halogens is 1. The average molecular weight is 320 g/mol.